The van der Waals surface area contributed by atoms with Crippen molar-refractivity contribution < 1.29 is 27.9 Å². The number of rotatable bonds is 4. The van der Waals surface area contributed by atoms with Crippen molar-refractivity contribution in [3.63, 3.8) is 0 Å². The lowest BCUT2D eigenvalue weighted by atomic mass is 10.1. The molecule has 1 aromatic rings. The standard InChI is InChI=1S/C15H18F3N3O3/c16-15(17,18)12-3-1-11(2-4-12)13(22)19-5-6-20-7-9-21(10-8-20)14(23)24/h1-4H,5-10H2,(H,19,22)(H,23,24)/p-1. The zero-order valence-electron chi connectivity index (χ0n) is 12.8. The van der Waals surface area contributed by atoms with E-state index in [4.69, 9.17) is 0 Å². The summed E-state index contributed by atoms with van der Waals surface area (Å²) in [5, 5.41) is 13.3. The van der Waals surface area contributed by atoms with Crippen LogP contribution in [0.25, 0.3) is 0 Å². The topological polar surface area (TPSA) is 75.7 Å². The molecule has 0 unspecified atom stereocenters. The number of hydrogen-bond donors (Lipinski definition) is 1. The van der Waals surface area contributed by atoms with Gasteiger partial charge in [-0.2, -0.15) is 13.2 Å². The summed E-state index contributed by atoms with van der Waals surface area (Å²) in [6.07, 6.45) is -5.62. The number of hydrogen-bond acceptors (Lipinski definition) is 4. The molecular formula is C15H17F3N3O3-. The fourth-order valence-electron chi connectivity index (χ4n) is 2.39. The predicted octanol–water partition coefficient (Wildman–Crippen LogP) is 0.396. The number of benzene rings is 1. The number of amides is 2. The highest BCUT2D eigenvalue weighted by Crippen LogP contribution is 2.29. The van der Waals surface area contributed by atoms with Gasteiger partial charge in [0, 0.05) is 44.8 Å². The molecule has 9 heteroatoms. The van der Waals surface area contributed by atoms with E-state index in [1.807, 2.05) is 4.90 Å². The molecule has 1 fully saturated rings. The number of nitrogens with one attached hydrogen (secondary N) is 1. The molecule has 0 aliphatic carbocycles. The summed E-state index contributed by atoms with van der Waals surface area (Å²) in [7, 11) is 0. The SMILES string of the molecule is O=C(NCCN1CCN(C(=O)[O-])CC1)c1ccc(C(F)(F)F)cc1. The average molecular weight is 344 g/mol. The summed E-state index contributed by atoms with van der Waals surface area (Å²) in [6, 6.07) is 4.01. The number of alkyl halides is 3. The lowest BCUT2D eigenvalue weighted by Crippen LogP contribution is -2.53. The van der Waals surface area contributed by atoms with E-state index in [2.05, 4.69) is 5.32 Å². The molecule has 0 bridgehead atoms. The fraction of sp³-hybridized carbons (Fsp3) is 0.467. The maximum Gasteiger partial charge on any atom is 0.416 e. The van der Waals surface area contributed by atoms with Crippen molar-refractivity contribution in [3.05, 3.63) is 35.4 Å². The zero-order valence-corrected chi connectivity index (χ0v) is 12.8. The minimum absolute atomic E-state index is 0.157. The monoisotopic (exact) mass is 344 g/mol. The maximum atomic E-state index is 12.5. The van der Waals surface area contributed by atoms with Crippen LogP contribution in [0.1, 0.15) is 15.9 Å². The Bertz CT molecular complexity index is 582. The Labute approximate surface area is 136 Å². The smallest absolute Gasteiger partial charge is 0.416 e. The third-order valence-electron chi connectivity index (χ3n) is 3.82. The molecular weight excluding hydrogens is 327 g/mol. The quantitative estimate of drug-likeness (QED) is 0.858. The highest BCUT2D eigenvalue weighted by Gasteiger charge is 2.30. The summed E-state index contributed by atoms with van der Waals surface area (Å²) in [4.78, 5) is 25.8. The summed E-state index contributed by atoms with van der Waals surface area (Å²) >= 11 is 0. The third-order valence-corrected chi connectivity index (χ3v) is 3.82. The average Bonchev–Trinajstić information content (AvgIpc) is 2.54. The van der Waals surface area contributed by atoms with Gasteiger partial charge in [-0.05, 0) is 24.3 Å². The van der Waals surface area contributed by atoms with Crippen molar-refractivity contribution in [2.75, 3.05) is 39.3 Å². The first-order chi connectivity index (χ1) is 11.3. The number of carbonyl (C=O) groups is 2. The number of halogens is 3. The van der Waals surface area contributed by atoms with Gasteiger partial charge in [-0.3, -0.25) is 9.69 Å². The van der Waals surface area contributed by atoms with Gasteiger partial charge in [0.05, 0.1) is 5.56 Å². The van der Waals surface area contributed by atoms with Crippen LogP contribution in [-0.2, 0) is 6.18 Å². The number of piperazine rings is 1. The van der Waals surface area contributed by atoms with E-state index < -0.39 is 23.7 Å². The molecule has 2 rings (SSSR count). The van der Waals surface area contributed by atoms with Gasteiger partial charge >= 0.3 is 6.18 Å². The Morgan fingerprint density at radius 3 is 2.17 bits per heavy atom. The summed E-state index contributed by atoms with van der Waals surface area (Å²) in [5.74, 6) is -0.447. The largest absolute Gasteiger partial charge is 0.530 e. The molecule has 0 saturated carbocycles. The lowest BCUT2D eigenvalue weighted by Gasteiger charge is -2.36. The first kappa shape index (κ1) is 18.1. The van der Waals surface area contributed by atoms with Crippen LogP contribution in [0.3, 0.4) is 0 Å². The first-order valence-corrected chi connectivity index (χ1v) is 7.41. The molecule has 1 N–H and O–H groups in total. The highest BCUT2D eigenvalue weighted by atomic mass is 19.4. The minimum atomic E-state index is -4.43. The van der Waals surface area contributed by atoms with Crippen LogP contribution in [0.2, 0.25) is 0 Å². The van der Waals surface area contributed by atoms with E-state index in [0.717, 1.165) is 24.3 Å². The van der Waals surface area contributed by atoms with Crippen molar-refractivity contribution in [2.45, 2.75) is 6.18 Å². The summed E-state index contributed by atoms with van der Waals surface area (Å²) in [5.41, 5.74) is -0.644. The van der Waals surface area contributed by atoms with Crippen molar-refractivity contribution in [3.8, 4) is 0 Å². The van der Waals surface area contributed by atoms with E-state index in [9.17, 15) is 27.9 Å². The van der Waals surface area contributed by atoms with Crippen LogP contribution in [0, 0.1) is 0 Å². The van der Waals surface area contributed by atoms with Crippen LogP contribution in [0.15, 0.2) is 24.3 Å². The zero-order chi connectivity index (χ0) is 17.7. The van der Waals surface area contributed by atoms with Crippen LogP contribution in [0.4, 0.5) is 18.0 Å². The van der Waals surface area contributed by atoms with E-state index >= 15 is 0 Å². The first-order valence-electron chi connectivity index (χ1n) is 7.41. The van der Waals surface area contributed by atoms with Gasteiger partial charge in [-0.1, -0.05) is 0 Å². The van der Waals surface area contributed by atoms with E-state index in [-0.39, 0.29) is 5.56 Å². The Morgan fingerprint density at radius 2 is 1.67 bits per heavy atom. The molecule has 1 saturated heterocycles. The van der Waals surface area contributed by atoms with Crippen molar-refractivity contribution in [1.29, 1.82) is 0 Å². The lowest BCUT2D eigenvalue weighted by molar-refractivity contribution is -0.266. The predicted molar refractivity (Wildman–Crippen MR) is 77.2 cm³/mol. The van der Waals surface area contributed by atoms with Gasteiger partial charge in [0.2, 0.25) is 0 Å². The Hall–Kier alpha value is -2.29. The molecule has 0 atom stereocenters. The molecule has 0 radical (unpaired) electrons. The summed E-state index contributed by atoms with van der Waals surface area (Å²) < 4.78 is 37.4. The van der Waals surface area contributed by atoms with Gasteiger partial charge in [0.25, 0.3) is 5.91 Å². The van der Waals surface area contributed by atoms with Crippen LogP contribution < -0.4 is 10.4 Å². The maximum absolute atomic E-state index is 12.5. The molecule has 1 aliphatic rings. The molecule has 132 valence electrons. The van der Waals surface area contributed by atoms with Crippen molar-refractivity contribution in [2.24, 2.45) is 0 Å². The normalized spacial score (nSPS) is 16.0. The molecule has 0 aromatic heterocycles. The van der Waals surface area contributed by atoms with Crippen LogP contribution in [0.5, 0.6) is 0 Å². The summed E-state index contributed by atoms with van der Waals surface area (Å²) in [6.45, 7) is 2.66. The molecule has 6 nitrogen and oxygen atoms in total. The third kappa shape index (κ3) is 4.85. The van der Waals surface area contributed by atoms with E-state index in [1.54, 1.807) is 0 Å². The van der Waals surface area contributed by atoms with Gasteiger partial charge in [-0.25, -0.2) is 0 Å². The second-order valence-electron chi connectivity index (χ2n) is 5.43. The Balaban J connectivity index is 1.75. The molecule has 2 amide bonds. The van der Waals surface area contributed by atoms with Crippen molar-refractivity contribution in [1.82, 2.24) is 15.1 Å². The van der Waals surface area contributed by atoms with Gasteiger partial charge in [0.1, 0.15) is 6.09 Å². The number of nitrogens with zero attached hydrogens (tertiary/aromatic N) is 2. The molecule has 1 aliphatic heterocycles. The van der Waals surface area contributed by atoms with Crippen LogP contribution in [-0.4, -0.2) is 61.1 Å². The minimum Gasteiger partial charge on any atom is -0.530 e. The molecule has 0 spiro atoms. The van der Waals surface area contributed by atoms with Crippen molar-refractivity contribution >= 4 is 12.0 Å². The molecule has 1 aromatic carbocycles. The Kier molecular flexibility index (Phi) is 5.66. The number of carboxylic acid groups (broad SMARTS) is 1. The second kappa shape index (κ2) is 7.52. The highest BCUT2D eigenvalue weighted by molar-refractivity contribution is 5.94. The van der Waals surface area contributed by atoms with Gasteiger partial charge in [-0.15, -0.1) is 0 Å². The van der Waals surface area contributed by atoms with Crippen LogP contribution >= 0.6 is 0 Å². The van der Waals surface area contributed by atoms with Gasteiger partial charge in [0.15, 0.2) is 0 Å². The molecule has 1 heterocycles. The van der Waals surface area contributed by atoms with E-state index in [0.29, 0.717) is 39.3 Å². The van der Waals surface area contributed by atoms with Gasteiger partial charge < -0.3 is 20.1 Å². The second-order valence-corrected chi connectivity index (χ2v) is 5.43. The molecule has 24 heavy (non-hydrogen) atoms. The Morgan fingerprint density at radius 1 is 1.08 bits per heavy atom. The number of carbonyl (C=O) groups excluding carboxylic acids is 2. The van der Waals surface area contributed by atoms with E-state index in [1.165, 1.54) is 4.90 Å². The fourth-order valence-corrected chi connectivity index (χ4v) is 2.39.